The maximum Gasteiger partial charge on any atom is 0.276 e. The normalized spacial score (nSPS) is 14.7. The molecule has 0 unspecified atom stereocenters. The lowest BCUT2D eigenvalue weighted by molar-refractivity contribution is 0.0587. The first-order chi connectivity index (χ1) is 16.1. The second kappa shape index (κ2) is 8.99. The van der Waals surface area contributed by atoms with Crippen molar-refractivity contribution in [2.75, 3.05) is 26.2 Å². The van der Waals surface area contributed by atoms with Gasteiger partial charge >= 0.3 is 0 Å². The monoisotopic (exact) mass is 449 g/mol. The van der Waals surface area contributed by atoms with Crippen LogP contribution < -0.4 is 0 Å². The Morgan fingerprint density at radius 3 is 2.00 bits per heavy atom. The first kappa shape index (κ1) is 21.1. The van der Waals surface area contributed by atoms with Crippen LogP contribution in [0.2, 0.25) is 0 Å². The van der Waals surface area contributed by atoms with E-state index in [0.29, 0.717) is 37.7 Å². The lowest BCUT2D eigenvalue weighted by Crippen LogP contribution is -2.50. The molecule has 1 fully saturated rings. The smallest absolute Gasteiger partial charge is 0.276 e. The number of furan rings is 1. The number of carbonyl (C=O) groups is 1. The fourth-order valence-electron chi connectivity index (χ4n) is 4.16. The standard InChI is InChI=1S/C25H21F2N3O3/c26-19-7-3-17(4-8-19)24(18-5-9-20(27)10-6-18)29-11-13-30(14-12-29)25(31)21-16-23(33-28-21)22-2-1-15-32-22/h1-10,15-16,24H,11-14H2. The molecule has 0 bridgehead atoms. The summed E-state index contributed by atoms with van der Waals surface area (Å²) in [5, 5.41) is 3.90. The van der Waals surface area contributed by atoms with Crippen molar-refractivity contribution in [1.29, 1.82) is 0 Å². The zero-order chi connectivity index (χ0) is 22.8. The molecule has 33 heavy (non-hydrogen) atoms. The Balaban J connectivity index is 1.32. The molecule has 0 radical (unpaired) electrons. The Morgan fingerprint density at radius 1 is 0.848 bits per heavy atom. The van der Waals surface area contributed by atoms with Gasteiger partial charge in [-0.1, -0.05) is 29.4 Å². The van der Waals surface area contributed by atoms with Gasteiger partial charge in [0.15, 0.2) is 11.5 Å². The molecule has 0 saturated carbocycles. The Morgan fingerprint density at radius 2 is 1.45 bits per heavy atom. The molecule has 2 aromatic carbocycles. The van der Waals surface area contributed by atoms with Crippen molar-refractivity contribution in [2.45, 2.75) is 6.04 Å². The second-order valence-electron chi connectivity index (χ2n) is 7.89. The van der Waals surface area contributed by atoms with Crippen LogP contribution in [0.3, 0.4) is 0 Å². The van der Waals surface area contributed by atoms with Gasteiger partial charge in [-0.15, -0.1) is 0 Å². The Labute approximate surface area is 189 Å². The zero-order valence-corrected chi connectivity index (χ0v) is 17.7. The quantitative estimate of drug-likeness (QED) is 0.440. The minimum Gasteiger partial charge on any atom is -0.461 e. The SMILES string of the molecule is O=C(c1cc(-c2ccco2)on1)N1CCN(C(c2ccc(F)cc2)c2ccc(F)cc2)CC1. The van der Waals surface area contributed by atoms with Gasteiger partial charge in [0.1, 0.15) is 11.6 Å². The molecule has 1 aliphatic rings. The first-order valence-electron chi connectivity index (χ1n) is 10.6. The van der Waals surface area contributed by atoms with E-state index in [1.54, 1.807) is 47.4 Å². The molecule has 0 N–H and O–H groups in total. The molecular formula is C25H21F2N3O3. The van der Waals surface area contributed by atoms with E-state index < -0.39 is 0 Å². The number of carbonyl (C=O) groups excluding carboxylic acids is 1. The number of halogens is 2. The lowest BCUT2D eigenvalue weighted by Gasteiger charge is -2.39. The van der Waals surface area contributed by atoms with Crippen LogP contribution in [-0.2, 0) is 0 Å². The predicted molar refractivity (Wildman–Crippen MR) is 116 cm³/mol. The molecule has 5 rings (SSSR count). The summed E-state index contributed by atoms with van der Waals surface area (Å²) < 4.78 is 37.6. The number of aromatic nitrogens is 1. The van der Waals surface area contributed by atoms with Gasteiger partial charge in [0, 0.05) is 32.2 Å². The summed E-state index contributed by atoms with van der Waals surface area (Å²) in [6, 6.07) is 17.5. The Kier molecular flexibility index (Phi) is 5.75. The van der Waals surface area contributed by atoms with E-state index >= 15 is 0 Å². The topological polar surface area (TPSA) is 62.7 Å². The third-order valence-electron chi connectivity index (χ3n) is 5.83. The number of hydrogen-bond acceptors (Lipinski definition) is 5. The van der Waals surface area contributed by atoms with Gasteiger partial charge in [0.05, 0.1) is 12.3 Å². The van der Waals surface area contributed by atoms with Gasteiger partial charge in [-0.05, 0) is 47.5 Å². The molecule has 1 saturated heterocycles. The van der Waals surface area contributed by atoms with Crippen LogP contribution in [-0.4, -0.2) is 47.0 Å². The van der Waals surface area contributed by atoms with Crippen molar-refractivity contribution in [3.05, 3.63) is 101 Å². The van der Waals surface area contributed by atoms with Gasteiger partial charge in [-0.25, -0.2) is 8.78 Å². The maximum atomic E-state index is 13.5. The van der Waals surface area contributed by atoms with E-state index in [0.717, 1.165) is 11.1 Å². The highest BCUT2D eigenvalue weighted by molar-refractivity contribution is 5.93. The van der Waals surface area contributed by atoms with Gasteiger partial charge in [0.2, 0.25) is 5.76 Å². The summed E-state index contributed by atoms with van der Waals surface area (Å²) in [5.74, 6) is 0.0703. The van der Waals surface area contributed by atoms with Crippen molar-refractivity contribution >= 4 is 5.91 Å². The highest BCUT2D eigenvalue weighted by atomic mass is 19.1. The van der Waals surface area contributed by atoms with E-state index in [2.05, 4.69) is 10.1 Å². The van der Waals surface area contributed by atoms with Crippen molar-refractivity contribution in [3.63, 3.8) is 0 Å². The second-order valence-corrected chi connectivity index (χ2v) is 7.89. The number of rotatable bonds is 5. The molecule has 3 heterocycles. The third-order valence-corrected chi connectivity index (χ3v) is 5.83. The van der Waals surface area contributed by atoms with Crippen molar-refractivity contribution in [2.24, 2.45) is 0 Å². The van der Waals surface area contributed by atoms with E-state index in [-0.39, 0.29) is 29.3 Å². The number of benzene rings is 2. The Hall–Kier alpha value is -3.78. The maximum absolute atomic E-state index is 13.5. The lowest BCUT2D eigenvalue weighted by atomic mass is 9.96. The van der Waals surface area contributed by atoms with Gasteiger partial charge in [-0.2, -0.15) is 0 Å². The fraction of sp³-hybridized carbons (Fsp3) is 0.200. The van der Waals surface area contributed by atoms with Gasteiger partial charge in [-0.3, -0.25) is 9.69 Å². The molecule has 0 aliphatic carbocycles. The number of hydrogen-bond donors (Lipinski definition) is 0. The first-order valence-corrected chi connectivity index (χ1v) is 10.6. The van der Waals surface area contributed by atoms with E-state index in [1.807, 2.05) is 0 Å². The van der Waals surface area contributed by atoms with Crippen molar-refractivity contribution in [3.8, 4) is 11.5 Å². The highest BCUT2D eigenvalue weighted by Gasteiger charge is 2.30. The summed E-state index contributed by atoms with van der Waals surface area (Å²) in [5.41, 5.74) is 2.04. The summed E-state index contributed by atoms with van der Waals surface area (Å²) in [6.45, 7) is 2.16. The molecular weight excluding hydrogens is 428 g/mol. The van der Waals surface area contributed by atoms with E-state index in [4.69, 9.17) is 8.94 Å². The molecule has 0 spiro atoms. The van der Waals surface area contributed by atoms with Gasteiger partial charge in [0.25, 0.3) is 5.91 Å². The predicted octanol–water partition coefficient (Wildman–Crippen LogP) is 4.76. The third kappa shape index (κ3) is 4.42. The number of amides is 1. The molecule has 4 aromatic rings. The van der Waals surface area contributed by atoms with Crippen LogP contribution >= 0.6 is 0 Å². The van der Waals surface area contributed by atoms with Crippen LogP contribution in [0, 0.1) is 11.6 Å². The van der Waals surface area contributed by atoms with E-state index in [1.165, 1.54) is 30.5 Å². The molecule has 2 aromatic heterocycles. The molecule has 1 amide bonds. The largest absolute Gasteiger partial charge is 0.461 e. The van der Waals surface area contributed by atoms with Crippen LogP contribution in [0.5, 0.6) is 0 Å². The van der Waals surface area contributed by atoms with Crippen molar-refractivity contribution < 1.29 is 22.5 Å². The summed E-state index contributed by atoms with van der Waals surface area (Å²) >= 11 is 0. The highest BCUT2D eigenvalue weighted by Crippen LogP contribution is 2.30. The minimum absolute atomic E-state index is 0.180. The van der Waals surface area contributed by atoms with Crippen molar-refractivity contribution in [1.82, 2.24) is 15.0 Å². The fourth-order valence-corrected chi connectivity index (χ4v) is 4.16. The zero-order valence-electron chi connectivity index (χ0n) is 17.7. The minimum atomic E-state index is -0.312. The Bertz CT molecular complexity index is 1170. The molecule has 168 valence electrons. The number of nitrogens with zero attached hydrogens (tertiary/aromatic N) is 3. The van der Waals surface area contributed by atoms with Crippen LogP contribution in [0.25, 0.3) is 11.5 Å². The van der Waals surface area contributed by atoms with E-state index in [9.17, 15) is 13.6 Å². The van der Waals surface area contributed by atoms with Crippen LogP contribution in [0.1, 0.15) is 27.7 Å². The average molecular weight is 449 g/mol. The van der Waals surface area contributed by atoms with Crippen LogP contribution in [0.15, 0.2) is 81.9 Å². The van der Waals surface area contributed by atoms with Crippen LogP contribution in [0.4, 0.5) is 8.78 Å². The molecule has 0 atom stereocenters. The summed E-state index contributed by atoms with van der Waals surface area (Å²) in [4.78, 5) is 16.9. The average Bonchev–Trinajstić information content (AvgIpc) is 3.54. The van der Waals surface area contributed by atoms with Gasteiger partial charge < -0.3 is 13.8 Å². The summed E-state index contributed by atoms with van der Waals surface area (Å²) in [7, 11) is 0. The molecule has 6 nitrogen and oxygen atoms in total. The number of piperazine rings is 1. The molecule has 8 heteroatoms. The molecule has 1 aliphatic heterocycles. The summed E-state index contributed by atoms with van der Waals surface area (Å²) in [6.07, 6.45) is 1.53.